The smallest absolute Gasteiger partial charge is 0.345 e. The normalized spacial score (nSPS) is 18.0. The van der Waals surface area contributed by atoms with Gasteiger partial charge in [-0.2, -0.15) is 13.2 Å². The molecule has 1 saturated heterocycles. The van der Waals surface area contributed by atoms with E-state index in [1.54, 1.807) is 5.32 Å². The van der Waals surface area contributed by atoms with Crippen LogP contribution in [0.2, 0.25) is 0 Å². The number of hydrogen-bond acceptors (Lipinski definition) is 3. The summed E-state index contributed by atoms with van der Waals surface area (Å²) in [6.45, 7) is -0.313. The van der Waals surface area contributed by atoms with E-state index >= 15 is 0 Å². The molecule has 2 aromatic carbocycles. The third-order valence-electron chi connectivity index (χ3n) is 6.23. The van der Waals surface area contributed by atoms with E-state index in [9.17, 15) is 27.2 Å². The number of nitrogens with one attached hydrogen (secondary N) is 1. The maximum atomic E-state index is 14.9. The number of alkyl halides is 3. The maximum absolute atomic E-state index is 14.9. The fourth-order valence-corrected chi connectivity index (χ4v) is 5.37. The monoisotopic (exact) mass is 527 g/mol. The highest BCUT2D eigenvalue weighted by Gasteiger charge is 2.54. The molecule has 2 amide bonds. The summed E-state index contributed by atoms with van der Waals surface area (Å²) in [5, 5.41) is 1.76. The Balaban J connectivity index is 1.57. The highest BCUT2D eigenvalue weighted by atomic mass is 79.9. The summed E-state index contributed by atoms with van der Waals surface area (Å²) >= 11 is 3.43. The van der Waals surface area contributed by atoms with Gasteiger partial charge in [0.2, 0.25) is 11.8 Å². The molecule has 2 aliphatic rings. The molecule has 0 bridgehead atoms. The van der Waals surface area contributed by atoms with Crippen LogP contribution in [0, 0.1) is 5.82 Å². The lowest BCUT2D eigenvalue weighted by Gasteiger charge is -2.38. The van der Waals surface area contributed by atoms with E-state index in [0.717, 1.165) is 10.5 Å². The van der Waals surface area contributed by atoms with E-state index in [1.807, 2.05) is 30.3 Å². The zero-order chi connectivity index (χ0) is 23.8. The van der Waals surface area contributed by atoms with Gasteiger partial charge in [-0.3, -0.25) is 19.4 Å². The van der Waals surface area contributed by atoms with Gasteiger partial charge in [-0.25, -0.2) is 4.39 Å². The zero-order valence-electron chi connectivity index (χ0n) is 17.6. The van der Waals surface area contributed by atoms with Crippen LogP contribution in [-0.2, 0) is 21.5 Å². The highest BCUT2D eigenvalue weighted by Crippen LogP contribution is 2.51. The van der Waals surface area contributed by atoms with Crippen molar-refractivity contribution in [2.45, 2.75) is 31.0 Å². The third kappa shape index (κ3) is 4.77. The molecule has 2 heterocycles. The summed E-state index contributed by atoms with van der Waals surface area (Å²) in [6.07, 6.45) is -3.76. The van der Waals surface area contributed by atoms with Gasteiger partial charge in [0.1, 0.15) is 18.9 Å². The minimum absolute atomic E-state index is 0.0342. The van der Waals surface area contributed by atoms with E-state index in [4.69, 9.17) is 0 Å². The van der Waals surface area contributed by atoms with Crippen LogP contribution in [0.4, 0.5) is 23.2 Å². The molecular formula is C23H22BrF4N3O2. The fraction of sp³-hybridized carbons (Fsp3) is 0.391. The summed E-state index contributed by atoms with van der Waals surface area (Å²) in [5.41, 5.74) is 0.540. The molecule has 0 saturated carbocycles. The van der Waals surface area contributed by atoms with Crippen LogP contribution in [0.5, 0.6) is 0 Å². The van der Waals surface area contributed by atoms with Gasteiger partial charge >= 0.3 is 6.18 Å². The van der Waals surface area contributed by atoms with E-state index < -0.39 is 42.3 Å². The number of hydrogen-bond donors (Lipinski definition) is 1. The highest BCUT2D eigenvalue weighted by molar-refractivity contribution is 9.10. The van der Waals surface area contributed by atoms with Gasteiger partial charge < -0.3 is 5.32 Å². The summed E-state index contributed by atoms with van der Waals surface area (Å²) in [4.78, 5) is 28.9. The van der Waals surface area contributed by atoms with Crippen molar-refractivity contribution in [3.63, 3.8) is 0 Å². The van der Waals surface area contributed by atoms with Crippen molar-refractivity contribution in [3.05, 3.63) is 63.9 Å². The molecule has 2 aliphatic heterocycles. The third-order valence-corrected chi connectivity index (χ3v) is 6.89. The second-order valence-corrected chi connectivity index (χ2v) is 9.23. The van der Waals surface area contributed by atoms with Gasteiger partial charge in [0.15, 0.2) is 0 Å². The molecule has 1 fully saturated rings. The van der Waals surface area contributed by atoms with E-state index in [2.05, 4.69) is 20.8 Å². The van der Waals surface area contributed by atoms with Crippen LogP contribution in [0.25, 0.3) is 0 Å². The number of piperidine rings is 1. The number of carbonyl (C=O) groups excluding carboxylic acids is 2. The second kappa shape index (κ2) is 9.06. The maximum Gasteiger partial charge on any atom is 0.405 e. The molecule has 0 atom stereocenters. The molecule has 1 N–H and O–H groups in total. The quantitative estimate of drug-likeness (QED) is 0.594. The van der Waals surface area contributed by atoms with E-state index in [1.165, 1.54) is 12.1 Å². The number of fused-ring (bicyclic) bond motifs is 2. The lowest BCUT2D eigenvalue weighted by Crippen LogP contribution is -2.50. The molecule has 33 heavy (non-hydrogen) atoms. The van der Waals surface area contributed by atoms with Gasteiger partial charge in [-0.05, 0) is 43.6 Å². The summed E-state index contributed by atoms with van der Waals surface area (Å²) in [6, 6.07) is 12.6. The number of anilines is 1. The Bertz CT molecular complexity index is 1050. The summed E-state index contributed by atoms with van der Waals surface area (Å²) < 4.78 is 52.9. The van der Waals surface area contributed by atoms with Crippen LogP contribution in [-0.4, -0.2) is 49.1 Å². The first-order valence-electron chi connectivity index (χ1n) is 10.5. The van der Waals surface area contributed by atoms with Crippen molar-refractivity contribution in [1.29, 1.82) is 0 Å². The number of nitrogens with zero attached hydrogens (tertiary/aromatic N) is 2. The molecule has 5 nitrogen and oxygen atoms in total. The average molecular weight is 528 g/mol. The Morgan fingerprint density at radius 2 is 1.76 bits per heavy atom. The van der Waals surface area contributed by atoms with Crippen molar-refractivity contribution in [2.24, 2.45) is 0 Å². The first-order chi connectivity index (χ1) is 15.6. The van der Waals surface area contributed by atoms with Crippen molar-refractivity contribution in [3.8, 4) is 0 Å². The molecule has 0 aliphatic carbocycles. The lowest BCUT2D eigenvalue weighted by molar-refractivity contribution is -0.138. The fourth-order valence-electron chi connectivity index (χ4n) is 4.67. The molecule has 2 aromatic rings. The molecule has 0 aromatic heterocycles. The van der Waals surface area contributed by atoms with Crippen LogP contribution >= 0.6 is 15.9 Å². The average Bonchev–Trinajstić information content (AvgIpc) is 3.01. The lowest BCUT2D eigenvalue weighted by atomic mass is 9.73. The number of amides is 2. The standard InChI is InChI=1S/C23H22BrF4N3O2/c24-16-6-7-17(25)20-19(16)22(21(33)31(20)13-18(32)29-14-23(26,27)28)8-10-30(11-9-22)12-15-4-2-1-3-5-15/h1-7H,8-14H2,(H,29,32). The Morgan fingerprint density at radius 3 is 2.39 bits per heavy atom. The van der Waals surface area contributed by atoms with E-state index in [-0.39, 0.29) is 5.69 Å². The first kappa shape index (κ1) is 23.7. The van der Waals surface area contributed by atoms with Crippen LogP contribution < -0.4 is 10.2 Å². The van der Waals surface area contributed by atoms with Crippen LogP contribution in [0.15, 0.2) is 46.9 Å². The molecule has 176 valence electrons. The van der Waals surface area contributed by atoms with Gasteiger partial charge in [-0.15, -0.1) is 0 Å². The minimum Gasteiger partial charge on any atom is -0.345 e. The van der Waals surface area contributed by atoms with Gasteiger partial charge in [0.25, 0.3) is 0 Å². The van der Waals surface area contributed by atoms with Crippen molar-refractivity contribution in [1.82, 2.24) is 10.2 Å². The molecule has 10 heteroatoms. The zero-order valence-corrected chi connectivity index (χ0v) is 19.2. The first-order valence-corrected chi connectivity index (χ1v) is 11.3. The largest absolute Gasteiger partial charge is 0.405 e. The number of halogens is 5. The topological polar surface area (TPSA) is 52.7 Å². The van der Waals surface area contributed by atoms with Crippen molar-refractivity contribution >= 4 is 33.4 Å². The minimum atomic E-state index is -4.58. The molecule has 0 unspecified atom stereocenters. The summed E-state index contributed by atoms with van der Waals surface area (Å²) in [5.74, 6) is -2.14. The van der Waals surface area contributed by atoms with Crippen molar-refractivity contribution in [2.75, 3.05) is 31.1 Å². The predicted octanol–water partition coefficient (Wildman–Crippen LogP) is 4.15. The van der Waals surface area contributed by atoms with Crippen molar-refractivity contribution < 1.29 is 27.2 Å². The molecule has 0 radical (unpaired) electrons. The SMILES string of the molecule is O=C(CN1C(=O)C2(CCN(Cc3ccccc3)CC2)c2c(Br)ccc(F)c21)NCC(F)(F)F. The number of rotatable bonds is 5. The second-order valence-electron chi connectivity index (χ2n) is 8.38. The van der Waals surface area contributed by atoms with E-state index in [0.29, 0.717) is 42.5 Å². The Morgan fingerprint density at radius 1 is 1.09 bits per heavy atom. The van der Waals surface area contributed by atoms with Crippen LogP contribution in [0.1, 0.15) is 24.0 Å². The predicted molar refractivity (Wildman–Crippen MR) is 118 cm³/mol. The Hall–Kier alpha value is -2.46. The Kier molecular flexibility index (Phi) is 6.50. The van der Waals surface area contributed by atoms with Crippen LogP contribution in [0.3, 0.4) is 0 Å². The molecule has 1 spiro atoms. The number of benzene rings is 2. The number of likely N-dealkylation sites (tertiary alicyclic amines) is 1. The van der Waals surface area contributed by atoms with Gasteiger partial charge in [0.05, 0.1) is 11.1 Å². The van der Waals surface area contributed by atoms with Gasteiger partial charge in [0, 0.05) is 16.6 Å². The summed E-state index contributed by atoms with van der Waals surface area (Å²) in [7, 11) is 0. The molecule has 4 rings (SSSR count). The molecular weight excluding hydrogens is 506 g/mol. The van der Waals surface area contributed by atoms with Gasteiger partial charge in [-0.1, -0.05) is 46.3 Å². The number of carbonyl (C=O) groups is 2. The Labute approximate surface area is 196 Å².